The zero-order valence-corrected chi connectivity index (χ0v) is 13.2. The van der Waals surface area contributed by atoms with Crippen LogP contribution in [0.5, 0.6) is 11.5 Å². The third-order valence-electron chi connectivity index (χ3n) is 3.89. The van der Waals surface area contributed by atoms with Gasteiger partial charge in [-0.15, -0.1) is 0 Å². The fourth-order valence-electron chi connectivity index (χ4n) is 2.81. The van der Waals surface area contributed by atoms with Crippen molar-refractivity contribution in [3.63, 3.8) is 0 Å². The lowest BCUT2D eigenvalue weighted by atomic mass is 10.0. The number of carbonyl (C=O) groups is 1. The lowest BCUT2D eigenvalue weighted by Crippen LogP contribution is -2.01. The topological polar surface area (TPSA) is 71.5 Å². The van der Waals surface area contributed by atoms with Crippen LogP contribution in [0.2, 0.25) is 0 Å². The highest BCUT2D eigenvalue weighted by molar-refractivity contribution is 5.95. The van der Waals surface area contributed by atoms with Gasteiger partial charge < -0.3 is 19.6 Å². The van der Waals surface area contributed by atoms with Crippen molar-refractivity contribution < 1.29 is 23.8 Å². The summed E-state index contributed by atoms with van der Waals surface area (Å²) in [5, 5.41) is 9.79. The Balaban J connectivity index is 2.33. The Morgan fingerprint density at radius 2 is 2.00 bits per heavy atom. The van der Waals surface area contributed by atoms with Gasteiger partial charge in [0.15, 0.2) is 0 Å². The molecule has 0 aliphatic rings. The van der Waals surface area contributed by atoms with Crippen LogP contribution in [0.1, 0.15) is 5.56 Å². The van der Waals surface area contributed by atoms with Crippen LogP contribution < -0.4 is 9.47 Å². The molecule has 2 N–H and O–H groups in total. The van der Waals surface area contributed by atoms with Crippen molar-refractivity contribution in [2.45, 2.75) is 6.42 Å². The fraction of sp³-hybridized carbons (Fsp3) is 0.167. The Bertz CT molecular complexity index is 917. The van der Waals surface area contributed by atoms with Crippen LogP contribution in [-0.2, 0) is 11.2 Å². The number of halogens is 1. The minimum atomic E-state index is -0.997. The zero-order valence-electron chi connectivity index (χ0n) is 13.2. The number of carboxylic acids is 1. The normalized spacial score (nSPS) is 10.8. The highest BCUT2D eigenvalue weighted by Gasteiger charge is 2.20. The van der Waals surface area contributed by atoms with Gasteiger partial charge in [0.1, 0.15) is 17.3 Å². The number of ether oxygens (including phenoxy) is 2. The molecular weight excluding hydrogens is 313 g/mol. The molecule has 0 atom stereocenters. The van der Waals surface area contributed by atoms with Gasteiger partial charge in [0, 0.05) is 10.9 Å². The van der Waals surface area contributed by atoms with Gasteiger partial charge in [-0.05, 0) is 29.8 Å². The Labute approximate surface area is 137 Å². The molecule has 1 aromatic heterocycles. The molecule has 0 saturated heterocycles. The molecule has 0 bridgehead atoms. The Morgan fingerprint density at radius 3 is 2.67 bits per heavy atom. The molecule has 5 nitrogen and oxygen atoms in total. The molecule has 0 unspecified atom stereocenters. The van der Waals surface area contributed by atoms with E-state index in [1.54, 1.807) is 30.3 Å². The van der Waals surface area contributed by atoms with Gasteiger partial charge in [-0.2, -0.15) is 0 Å². The first kappa shape index (κ1) is 15.9. The second-order valence-electron chi connectivity index (χ2n) is 5.28. The number of H-pyrrole nitrogens is 1. The summed E-state index contributed by atoms with van der Waals surface area (Å²) in [6.07, 6.45) is -0.237. The van der Waals surface area contributed by atoms with E-state index in [4.69, 9.17) is 9.47 Å². The molecule has 124 valence electrons. The SMILES string of the molecule is COc1ccc(OC)c(-c2[nH]c3c(F)cccc3c2CC(=O)O)c1. The van der Waals surface area contributed by atoms with Gasteiger partial charge in [0.2, 0.25) is 0 Å². The highest BCUT2D eigenvalue weighted by atomic mass is 19.1. The minimum Gasteiger partial charge on any atom is -0.497 e. The molecule has 0 amide bonds. The van der Waals surface area contributed by atoms with E-state index in [0.29, 0.717) is 33.7 Å². The first-order valence-electron chi connectivity index (χ1n) is 7.28. The number of benzene rings is 2. The van der Waals surface area contributed by atoms with Crippen LogP contribution in [0.15, 0.2) is 36.4 Å². The Kier molecular flexibility index (Phi) is 4.12. The maximum Gasteiger partial charge on any atom is 0.307 e. The minimum absolute atomic E-state index is 0.237. The van der Waals surface area contributed by atoms with E-state index in [1.165, 1.54) is 20.3 Å². The molecule has 3 rings (SSSR count). The van der Waals surface area contributed by atoms with Crippen molar-refractivity contribution in [1.29, 1.82) is 0 Å². The molecule has 24 heavy (non-hydrogen) atoms. The smallest absolute Gasteiger partial charge is 0.307 e. The van der Waals surface area contributed by atoms with Gasteiger partial charge in [-0.3, -0.25) is 4.79 Å². The second-order valence-corrected chi connectivity index (χ2v) is 5.28. The molecule has 0 saturated carbocycles. The molecule has 1 heterocycles. The van der Waals surface area contributed by atoms with Gasteiger partial charge in [0.25, 0.3) is 0 Å². The highest BCUT2D eigenvalue weighted by Crippen LogP contribution is 2.38. The molecule has 0 spiro atoms. The summed E-state index contributed by atoms with van der Waals surface area (Å²) < 4.78 is 24.7. The van der Waals surface area contributed by atoms with Crippen molar-refractivity contribution in [2.75, 3.05) is 14.2 Å². The number of aliphatic carboxylic acids is 1. The zero-order chi connectivity index (χ0) is 17.3. The molecule has 0 fully saturated rings. The maximum absolute atomic E-state index is 14.1. The van der Waals surface area contributed by atoms with Gasteiger partial charge in [0.05, 0.1) is 31.9 Å². The number of hydrogen-bond donors (Lipinski definition) is 2. The molecule has 6 heteroatoms. The number of para-hydroxylation sites is 1. The van der Waals surface area contributed by atoms with Crippen LogP contribution >= 0.6 is 0 Å². The molecule has 0 aliphatic heterocycles. The average molecular weight is 329 g/mol. The van der Waals surface area contributed by atoms with Crippen LogP contribution in [0.25, 0.3) is 22.2 Å². The number of fused-ring (bicyclic) bond motifs is 1. The van der Waals surface area contributed by atoms with E-state index >= 15 is 0 Å². The first-order valence-corrected chi connectivity index (χ1v) is 7.28. The van der Waals surface area contributed by atoms with Gasteiger partial charge >= 0.3 is 5.97 Å². The molecule has 3 aromatic rings. The largest absolute Gasteiger partial charge is 0.497 e. The van der Waals surface area contributed by atoms with Crippen molar-refractivity contribution in [1.82, 2.24) is 4.98 Å². The number of hydrogen-bond acceptors (Lipinski definition) is 3. The maximum atomic E-state index is 14.1. The van der Waals surface area contributed by atoms with Crippen LogP contribution in [0.3, 0.4) is 0 Å². The van der Waals surface area contributed by atoms with Crippen molar-refractivity contribution in [2.24, 2.45) is 0 Å². The first-order chi connectivity index (χ1) is 11.5. The van der Waals surface area contributed by atoms with Gasteiger partial charge in [-0.25, -0.2) is 4.39 Å². The van der Waals surface area contributed by atoms with E-state index < -0.39 is 11.8 Å². The number of aromatic amines is 1. The predicted octanol–water partition coefficient (Wildman–Crippen LogP) is 3.62. The average Bonchev–Trinajstić information content (AvgIpc) is 2.93. The van der Waals surface area contributed by atoms with E-state index in [-0.39, 0.29) is 11.9 Å². The second kappa shape index (κ2) is 6.23. The standard InChI is InChI=1S/C18H16FNO4/c1-23-10-6-7-15(24-2)13(8-10)17-12(9-16(21)22)11-4-3-5-14(19)18(11)20-17/h3-8,20H,9H2,1-2H3,(H,21,22). The van der Waals surface area contributed by atoms with Crippen molar-refractivity contribution in [3.8, 4) is 22.8 Å². The summed E-state index contributed by atoms with van der Waals surface area (Å²) in [6.45, 7) is 0. The third kappa shape index (κ3) is 2.67. The van der Waals surface area contributed by atoms with Crippen LogP contribution in [-0.4, -0.2) is 30.3 Å². The van der Waals surface area contributed by atoms with Crippen LogP contribution in [0, 0.1) is 5.82 Å². The quantitative estimate of drug-likeness (QED) is 0.750. The Hall–Kier alpha value is -3.02. The van der Waals surface area contributed by atoms with Crippen LogP contribution in [0.4, 0.5) is 4.39 Å². The molecular formula is C18H16FNO4. The Morgan fingerprint density at radius 1 is 1.21 bits per heavy atom. The predicted molar refractivity (Wildman–Crippen MR) is 88.1 cm³/mol. The van der Waals surface area contributed by atoms with Gasteiger partial charge in [-0.1, -0.05) is 12.1 Å². The molecule has 0 aliphatic carbocycles. The summed E-state index contributed by atoms with van der Waals surface area (Å²) in [6, 6.07) is 9.78. The lowest BCUT2D eigenvalue weighted by Gasteiger charge is -2.11. The number of methoxy groups -OCH3 is 2. The summed E-state index contributed by atoms with van der Waals surface area (Å²) in [7, 11) is 3.06. The summed E-state index contributed by atoms with van der Waals surface area (Å²) in [4.78, 5) is 14.3. The van der Waals surface area contributed by atoms with Crippen molar-refractivity contribution in [3.05, 3.63) is 47.8 Å². The number of carboxylic acid groups (broad SMARTS) is 1. The van der Waals surface area contributed by atoms with E-state index in [0.717, 1.165) is 0 Å². The van der Waals surface area contributed by atoms with E-state index in [2.05, 4.69) is 4.98 Å². The summed E-state index contributed by atoms with van der Waals surface area (Å²) >= 11 is 0. The van der Waals surface area contributed by atoms with E-state index in [1.807, 2.05) is 0 Å². The van der Waals surface area contributed by atoms with Crippen molar-refractivity contribution >= 4 is 16.9 Å². The lowest BCUT2D eigenvalue weighted by molar-refractivity contribution is -0.136. The number of rotatable bonds is 5. The summed E-state index contributed by atoms with van der Waals surface area (Å²) in [5.74, 6) is -0.309. The van der Waals surface area contributed by atoms with E-state index in [9.17, 15) is 14.3 Å². The third-order valence-corrected chi connectivity index (χ3v) is 3.89. The number of aromatic nitrogens is 1. The monoisotopic (exact) mass is 329 g/mol. The molecule has 2 aromatic carbocycles. The summed E-state index contributed by atoms with van der Waals surface area (Å²) in [5.41, 5.74) is 1.90. The number of nitrogens with one attached hydrogen (secondary N) is 1. The molecule has 0 radical (unpaired) electrons. The fourth-order valence-corrected chi connectivity index (χ4v) is 2.81.